The number of carbonyl (C=O) groups excluding carboxylic acids is 1. The molecule has 0 spiro atoms. The van der Waals surface area contributed by atoms with Crippen LogP contribution in [0.25, 0.3) is 0 Å². The van der Waals surface area contributed by atoms with Crippen LogP contribution < -0.4 is 5.32 Å². The summed E-state index contributed by atoms with van der Waals surface area (Å²) in [6.07, 6.45) is -6.51. The van der Waals surface area contributed by atoms with Crippen molar-refractivity contribution in [3.63, 3.8) is 0 Å². The quantitative estimate of drug-likeness (QED) is 0.755. The molecule has 8 heteroatoms. The number of halogens is 3. The van der Waals surface area contributed by atoms with Gasteiger partial charge in [0, 0.05) is 19.4 Å². The highest BCUT2D eigenvalue weighted by Crippen LogP contribution is 2.21. The standard InChI is InChI=1S/C12H20F3NO4/c1-11(2,3)20-7-5-8(10(18)19)16-9(17)4-6-12(13,14)15/h8H,4-7H2,1-3H3,(H,16,17)(H,18,19). The fourth-order valence-corrected chi connectivity index (χ4v) is 1.26. The first kappa shape index (κ1) is 18.7. The molecule has 118 valence electrons. The molecule has 1 atom stereocenters. The van der Waals surface area contributed by atoms with E-state index in [4.69, 9.17) is 9.84 Å². The SMILES string of the molecule is CC(C)(C)OCCC(NC(=O)CCC(F)(F)F)C(=O)O. The molecule has 2 N–H and O–H groups in total. The number of rotatable bonds is 7. The van der Waals surface area contributed by atoms with E-state index >= 15 is 0 Å². The van der Waals surface area contributed by atoms with Gasteiger partial charge in [-0.05, 0) is 20.8 Å². The molecule has 0 aromatic heterocycles. The molecule has 0 aliphatic carbocycles. The van der Waals surface area contributed by atoms with Gasteiger partial charge in [-0.15, -0.1) is 0 Å². The molecule has 0 aromatic carbocycles. The van der Waals surface area contributed by atoms with E-state index in [0.29, 0.717) is 0 Å². The highest BCUT2D eigenvalue weighted by molar-refractivity contribution is 5.83. The van der Waals surface area contributed by atoms with Crippen LogP contribution in [0.5, 0.6) is 0 Å². The molecule has 20 heavy (non-hydrogen) atoms. The minimum Gasteiger partial charge on any atom is -0.480 e. The maximum atomic E-state index is 11.9. The Morgan fingerprint density at radius 1 is 1.25 bits per heavy atom. The zero-order valence-electron chi connectivity index (χ0n) is 11.7. The summed E-state index contributed by atoms with van der Waals surface area (Å²) in [5.74, 6) is -2.24. The number of carboxylic acids is 1. The number of amides is 1. The van der Waals surface area contributed by atoms with E-state index in [2.05, 4.69) is 5.32 Å². The fraction of sp³-hybridized carbons (Fsp3) is 0.833. The van der Waals surface area contributed by atoms with Crippen molar-refractivity contribution in [1.82, 2.24) is 5.32 Å². The van der Waals surface area contributed by atoms with Crippen molar-refractivity contribution >= 4 is 11.9 Å². The number of carbonyl (C=O) groups is 2. The van der Waals surface area contributed by atoms with E-state index in [0.717, 1.165) is 0 Å². The molecule has 0 saturated carbocycles. The van der Waals surface area contributed by atoms with Crippen molar-refractivity contribution < 1.29 is 32.6 Å². The Morgan fingerprint density at radius 3 is 2.20 bits per heavy atom. The average molecular weight is 299 g/mol. The van der Waals surface area contributed by atoms with Crippen LogP contribution in [0.1, 0.15) is 40.0 Å². The number of hydrogen-bond donors (Lipinski definition) is 2. The summed E-state index contributed by atoms with van der Waals surface area (Å²) < 4.78 is 41.1. The lowest BCUT2D eigenvalue weighted by molar-refractivity contribution is -0.147. The molecule has 1 amide bonds. The van der Waals surface area contributed by atoms with Crippen LogP contribution >= 0.6 is 0 Å². The normalized spacial score (nSPS) is 13.9. The Bertz CT molecular complexity index is 337. The van der Waals surface area contributed by atoms with Gasteiger partial charge in [0.05, 0.1) is 12.0 Å². The summed E-state index contributed by atoms with van der Waals surface area (Å²) in [6.45, 7) is 5.43. The van der Waals surface area contributed by atoms with Gasteiger partial charge in [-0.25, -0.2) is 4.79 Å². The van der Waals surface area contributed by atoms with Gasteiger partial charge < -0.3 is 15.2 Å². The van der Waals surface area contributed by atoms with Crippen LogP contribution in [0.2, 0.25) is 0 Å². The van der Waals surface area contributed by atoms with Gasteiger partial charge in [0.15, 0.2) is 0 Å². The maximum absolute atomic E-state index is 11.9. The topological polar surface area (TPSA) is 75.6 Å². The third-order valence-electron chi connectivity index (χ3n) is 2.21. The molecule has 5 nitrogen and oxygen atoms in total. The second-order valence-corrected chi connectivity index (χ2v) is 5.32. The van der Waals surface area contributed by atoms with Crippen molar-refractivity contribution in [2.45, 2.75) is 57.9 Å². The summed E-state index contributed by atoms with van der Waals surface area (Å²) >= 11 is 0. The molecule has 0 heterocycles. The molecule has 0 saturated heterocycles. The van der Waals surface area contributed by atoms with Gasteiger partial charge in [0.2, 0.25) is 5.91 Å². The van der Waals surface area contributed by atoms with Crippen molar-refractivity contribution in [1.29, 1.82) is 0 Å². The molecule has 0 aliphatic rings. The van der Waals surface area contributed by atoms with Gasteiger partial charge in [0.1, 0.15) is 6.04 Å². The summed E-state index contributed by atoms with van der Waals surface area (Å²) in [7, 11) is 0. The van der Waals surface area contributed by atoms with E-state index in [1.807, 2.05) is 0 Å². The first-order chi connectivity index (χ1) is 8.91. The molecule has 0 radical (unpaired) electrons. The summed E-state index contributed by atoms with van der Waals surface area (Å²) in [6, 6.07) is -1.25. The molecule has 0 fully saturated rings. The maximum Gasteiger partial charge on any atom is 0.389 e. The lowest BCUT2D eigenvalue weighted by atomic mass is 10.1. The lowest BCUT2D eigenvalue weighted by Crippen LogP contribution is -2.42. The molecular weight excluding hydrogens is 279 g/mol. The van der Waals surface area contributed by atoms with E-state index in [1.165, 1.54) is 0 Å². The Morgan fingerprint density at radius 2 is 1.80 bits per heavy atom. The molecule has 0 aliphatic heterocycles. The predicted octanol–water partition coefficient (Wildman–Crippen LogP) is 2.10. The second-order valence-electron chi connectivity index (χ2n) is 5.32. The molecule has 1 unspecified atom stereocenters. The van der Waals surface area contributed by atoms with Gasteiger partial charge >= 0.3 is 12.1 Å². The number of carboxylic acid groups (broad SMARTS) is 1. The summed E-state index contributed by atoms with van der Waals surface area (Å²) in [5, 5.41) is 10.9. The number of nitrogens with one attached hydrogen (secondary N) is 1. The van der Waals surface area contributed by atoms with E-state index in [1.54, 1.807) is 20.8 Å². The number of alkyl halides is 3. The van der Waals surface area contributed by atoms with E-state index in [-0.39, 0.29) is 13.0 Å². The van der Waals surface area contributed by atoms with Crippen LogP contribution in [0.3, 0.4) is 0 Å². The largest absolute Gasteiger partial charge is 0.480 e. The van der Waals surface area contributed by atoms with Crippen molar-refractivity contribution in [2.75, 3.05) is 6.61 Å². The average Bonchev–Trinajstić information content (AvgIpc) is 2.22. The zero-order chi connectivity index (χ0) is 16.0. The monoisotopic (exact) mass is 299 g/mol. The van der Waals surface area contributed by atoms with Gasteiger partial charge in [-0.3, -0.25) is 4.79 Å². The lowest BCUT2D eigenvalue weighted by Gasteiger charge is -2.21. The van der Waals surface area contributed by atoms with Crippen LogP contribution in [0.4, 0.5) is 13.2 Å². The van der Waals surface area contributed by atoms with Gasteiger partial charge in [0.25, 0.3) is 0 Å². The number of aliphatic carboxylic acids is 1. The third-order valence-corrected chi connectivity index (χ3v) is 2.21. The number of ether oxygens (including phenoxy) is 1. The smallest absolute Gasteiger partial charge is 0.389 e. The highest BCUT2D eigenvalue weighted by atomic mass is 19.4. The van der Waals surface area contributed by atoms with Crippen LogP contribution in [0.15, 0.2) is 0 Å². The highest BCUT2D eigenvalue weighted by Gasteiger charge is 2.29. The minimum atomic E-state index is -4.44. The Kier molecular flexibility index (Phi) is 6.98. The second kappa shape index (κ2) is 7.47. The summed E-state index contributed by atoms with van der Waals surface area (Å²) in [5.41, 5.74) is -0.455. The van der Waals surface area contributed by atoms with Crippen LogP contribution in [-0.2, 0) is 14.3 Å². The van der Waals surface area contributed by atoms with Crippen molar-refractivity contribution in [2.24, 2.45) is 0 Å². The Hall–Kier alpha value is -1.31. The predicted molar refractivity (Wildman–Crippen MR) is 65.2 cm³/mol. The number of hydrogen-bond acceptors (Lipinski definition) is 3. The minimum absolute atomic E-state index is 0.00956. The molecule has 0 aromatic rings. The molecular formula is C12H20F3NO4. The molecule has 0 bridgehead atoms. The third kappa shape index (κ3) is 10.6. The van der Waals surface area contributed by atoms with Crippen molar-refractivity contribution in [3.8, 4) is 0 Å². The van der Waals surface area contributed by atoms with Crippen LogP contribution in [0, 0.1) is 0 Å². The summed E-state index contributed by atoms with van der Waals surface area (Å²) in [4.78, 5) is 22.1. The van der Waals surface area contributed by atoms with Gasteiger partial charge in [-0.2, -0.15) is 13.2 Å². The zero-order valence-corrected chi connectivity index (χ0v) is 11.7. The van der Waals surface area contributed by atoms with Crippen molar-refractivity contribution in [3.05, 3.63) is 0 Å². The van der Waals surface area contributed by atoms with Gasteiger partial charge in [-0.1, -0.05) is 0 Å². The fourth-order valence-electron chi connectivity index (χ4n) is 1.26. The Balaban J connectivity index is 4.21. The van der Waals surface area contributed by atoms with E-state index < -0.39 is 42.5 Å². The first-order valence-corrected chi connectivity index (χ1v) is 6.13. The molecule has 0 rings (SSSR count). The van der Waals surface area contributed by atoms with E-state index in [9.17, 15) is 22.8 Å². The Labute approximate surface area is 115 Å². The first-order valence-electron chi connectivity index (χ1n) is 6.13. The van der Waals surface area contributed by atoms with Crippen LogP contribution in [-0.4, -0.2) is 41.4 Å².